The summed E-state index contributed by atoms with van der Waals surface area (Å²) in [6.45, 7) is 6.09. The van der Waals surface area contributed by atoms with Crippen molar-refractivity contribution in [3.8, 4) is 5.75 Å². The van der Waals surface area contributed by atoms with E-state index in [2.05, 4.69) is 10.6 Å². The van der Waals surface area contributed by atoms with Gasteiger partial charge in [-0.05, 0) is 50.6 Å². The summed E-state index contributed by atoms with van der Waals surface area (Å²) in [6, 6.07) is 17.0. The smallest absolute Gasteiger partial charge is 0.251 e. The predicted molar refractivity (Wildman–Crippen MR) is 102 cm³/mol. The molecule has 26 heavy (non-hydrogen) atoms. The fourth-order valence-electron chi connectivity index (χ4n) is 2.47. The third kappa shape index (κ3) is 6.24. The van der Waals surface area contributed by atoms with Crippen LogP contribution >= 0.6 is 0 Å². The van der Waals surface area contributed by atoms with E-state index in [1.165, 1.54) is 0 Å². The van der Waals surface area contributed by atoms with Crippen molar-refractivity contribution in [2.75, 3.05) is 6.54 Å². The second kappa shape index (κ2) is 9.61. The molecule has 1 atom stereocenters. The number of nitrogens with one attached hydrogen (secondary N) is 2. The van der Waals surface area contributed by atoms with Gasteiger partial charge < -0.3 is 15.4 Å². The van der Waals surface area contributed by atoms with Gasteiger partial charge in [-0.25, -0.2) is 0 Å². The van der Waals surface area contributed by atoms with Crippen LogP contribution in [0.1, 0.15) is 49.2 Å². The van der Waals surface area contributed by atoms with Crippen molar-refractivity contribution in [3.63, 3.8) is 0 Å². The van der Waals surface area contributed by atoms with E-state index in [1.54, 1.807) is 24.3 Å². The third-order valence-electron chi connectivity index (χ3n) is 3.79. The minimum absolute atomic E-state index is 0.0704. The Morgan fingerprint density at radius 2 is 1.62 bits per heavy atom. The van der Waals surface area contributed by atoms with Gasteiger partial charge in [0.1, 0.15) is 11.9 Å². The molecule has 0 aliphatic carbocycles. The largest absolute Gasteiger partial charge is 0.486 e. The molecule has 0 unspecified atom stereocenters. The SMILES string of the molecule is CC(C)NC(=O)CCNC(=O)c1ccc(O[C@H](C)c2ccccc2)cc1. The van der Waals surface area contributed by atoms with Gasteiger partial charge >= 0.3 is 0 Å². The van der Waals surface area contributed by atoms with E-state index in [9.17, 15) is 9.59 Å². The Kier molecular flexibility index (Phi) is 7.21. The molecule has 0 saturated heterocycles. The van der Waals surface area contributed by atoms with Crippen LogP contribution < -0.4 is 15.4 Å². The molecule has 2 aromatic rings. The molecule has 0 heterocycles. The maximum Gasteiger partial charge on any atom is 0.251 e. The molecule has 5 nitrogen and oxygen atoms in total. The Morgan fingerprint density at radius 3 is 2.23 bits per heavy atom. The summed E-state index contributed by atoms with van der Waals surface area (Å²) in [5.41, 5.74) is 1.63. The quantitative estimate of drug-likeness (QED) is 0.763. The molecule has 2 N–H and O–H groups in total. The number of rotatable bonds is 8. The van der Waals surface area contributed by atoms with Gasteiger partial charge in [-0.3, -0.25) is 9.59 Å². The highest BCUT2D eigenvalue weighted by molar-refractivity contribution is 5.94. The second-order valence-corrected chi connectivity index (χ2v) is 6.42. The molecule has 0 radical (unpaired) electrons. The number of benzene rings is 2. The molecule has 0 spiro atoms. The summed E-state index contributed by atoms with van der Waals surface area (Å²) >= 11 is 0. The molecule has 2 amide bonds. The van der Waals surface area contributed by atoms with Crippen LogP contribution in [0.15, 0.2) is 54.6 Å². The van der Waals surface area contributed by atoms with Gasteiger partial charge in [0.15, 0.2) is 0 Å². The maximum absolute atomic E-state index is 12.1. The van der Waals surface area contributed by atoms with Crippen LogP contribution in [0.25, 0.3) is 0 Å². The van der Waals surface area contributed by atoms with Crippen molar-refractivity contribution in [1.29, 1.82) is 0 Å². The topological polar surface area (TPSA) is 67.4 Å². The lowest BCUT2D eigenvalue weighted by Crippen LogP contribution is -2.34. The Labute approximate surface area is 154 Å². The molecule has 2 aromatic carbocycles. The average molecular weight is 354 g/mol. The first kappa shape index (κ1) is 19.5. The summed E-state index contributed by atoms with van der Waals surface area (Å²) in [5.74, 6) is 0.429. The summed E-state index contributed by atoms with van der Waals surface area (Å²) in [5, 5.41) is 5.54. The number of amides is 2. The highest BCUT2D eigenvalue weighted by Crippen LogP contribution is 2.21. The van der Waals surface area contributed by atoms with Crippen molar-refractivity contribution in [2.24, 2.45) is 0 Å². The fourth-order valence-corrected chi connectivity index (χ4v) is 2.47. The van der Waals surface area contributed by atoms with Crippen LogP contribution in [0, 0.1) is 0 Å². The monoisotopic (exact) mass is 354 g/mol. The molecule has 2 rings (SSSR count). The lowest BCUT2D eigenvalue weighted by atomic mass is 10.1. The molecule has 0 bridgehead atoms. The Balaban J connectivity index is 1.82. The highest BCUT2D eigenvalue weighted by Gasteiger charge is 2.09. The van der Waals surface area contributed by atoms with Crippen LogP contribution in [0.2, 0.25) is 0 Å². The molecular formula is C21H26N2O3. The minimum Gasteiger partial charge on any atom is -0.486 e. The zero-order valence-electron chi connectivity index (χ0n) is 15.5. The third-order valence-corrected chi connectivity index (χ3v) is 3.79. The van der Waals surface area contributed by atoms with E-state index in [4.69, 9.17) is 4.74 Å². The molecule has 0 fully saturated rings. The van der Waals surface area contributed by atoms with E-state index in [0.717, 1.165) is 5.56 Å². The van der Waals surface area contributed by atoms with Crippen molar-refractivity contribution in [2.45, 2.75) is 39.3 Å². The van der Waals surface area contributed by atoms with Crippen molar-refractivity contribution >= 4 is 11.8 Å². The molecular weight excluding hydrogens is 328 g/mol. The van der Waals surface area contributed by atoms with E-state index in [0.29, 0.717) is 17.9 Å². The molecule has 0 saturated carbocycles. The maximum atomic E-state index is 12.1. The van der Waals surface area contributed by atoms with Gasteiger partial charge in [0.05, 0.1) is 0 Å². The normalized spacial score (nSPS) is 11.7. The molecule has 0 aromatic heterocycles. The lowest BCUT2D eigenvalue weighted by molar-refractivity contribution is -0.121. The number of carbonyl (C=O) groups is 2. The van der Waals surface area contributed by atoms with E-state index in [1.807, 2.05) is 51.1 Å². The van der Waals surface area contributed by atoms with Gasteiger partial charge in [0.2, 0.25) is 5.91 Å². The number of ether oxygens (including phenoxy) is 1. The van der Waals surface area contributed by atoms with Crippen molar-refractivity contribution < 1.29 is 14.3 Å². The van der Waals surface area contributed by atoms with Crippen LogP contribution in [0.4, 0.5) is 0 Å². The summed E-state index contributed by atoms with van der Waals surface area (Å²) in [7, 11) is 0. The molecule has 5 heteroatoms. The fraction of sp³-hybridized carbons (Fsp3) is 0.333. The molecule has 0 aliphatic heterocycles. The van der Waals surface area contributed by atoms with Gasteiger partial charge in [-0.15, -0.1) is 0 Å². The summed E-state index contributed by atoms with van der Waals surface area (Å²) < 4.78 is 5.90. The first-order valence-electron chi connectivity index (χ1n) is 8.85. The first-order valence-corrected chi connectivity index (χ1v) is 8.85. The number of hydrogen-bond donors (Lipinski definition) is 2. The average Bonchev–Trinajstić information content (AvgIpc) is 2.62. The van der Waals surface area contributed by atoms with E-state index >= 15 is 0 Å². The van der Waals surface area contributed by atoms with Crippen LogP contribution in [0.5, 0.6) is 5.75 Å². The summed E-state index contributed by atoms with van der Waals surface area (Å²) in [4.78, 5) is 23.7. The zero-order chi connectivity index (χ0) is 18.9. The van der Waals surface area contributed by atoms with Gasteiger partial charge in [-0.1, -0.05) is 30.3 Å². The Morgan fingerprint density at radius 1 is 0.962 bits per heavy atom. The lowest BCUT2D eigenvalue weighted by Gasteiger charge is -2.15. The summed E-state index contributed by atoms with van der Waals surface area (Å²) in [6.07, 6.45) is 0.190. The zero-order valence-corrected chi connectivity index (χ0v) is 15.5. The Bertz CT molecular complexity index is 712. The first-order chi connectivity index (χ1) is 12.5. The van der Waals surface area contributed by atoms with Gasteiger partial charge in [-0.2, -0.15) is 0 Å². The molecule has 0 aliphatic rings. The minimum atomic E-state index is -0.204. The van der Waals surface area contributed by atoms with E-state index in [-0.39, 0.29) is 30.4 Å². The van der Waals surface area contributed by atoms with Crippen LogP contribution in [-0.4, -0.2) is 24.4 Å². The van der Waals surface area contributed by atoms with E-state index < -0.39 is 0 Å². The van der Waals surface area contributed by atoms with Crippen LogP contribution in [-0.2, 0) is 4.79 Å². The predicted octanol–water partition coefficient (Wildman–Crippen LogP) is 3.47. The van der Waals surface area contributed by atoms with Gasteiger partial charge in [0.25, 0.3) is 5.91 Å². The van der Waals surface area contributed by atoms with Crippen LogP contribution in [0.3, 0.4) is 0 Å². The van der Waals surface area contributed by atoms with Crippen molar-refractivity contribution in [1.82, 2.24) is 10.6 Å². The Hall–Kier alpha value is -2.82. The molecule has 138 valence electrons. The van der Waals surface area contributed by atoms with Crippen molar-refractivity contribution in [3.05, 3.63) is 65.7 Å². The number of hydrogen-bond acceptors (Lipinski definition) is 3. The standard InChI is InChI=1S/C21H26N2O3/c1-15(2)23-20(24)13-14-22-21(25)18-9-11-19(12-10-18)26-16(3)17-7-5-4-6-8-17/h4-12,15-16H,13-14H2,1-3H3,(H,22,25)(H,23,24)/t16-/m1/s1. The van der Waals surface area contributed by atoms with Gasteiger partial charge in [0, 0.05) is 24.6 Å². The highest BCUT2D eigenvalue weighted by atomic mass is 16.5. The number of carbonyl (C=O) groups excluding carboxylic acids is 2. The second-order valence-electron chi connectivity index (χ2n) is 6.42.